The number of nitrogens with zero attached hydrogens (tertiary/aromatic N) is 3. The second-order valence-corrected chi connectivity index (χ2v) is 11.0. The van der Waals surface area contributed by atoms with E-state index in [0.717, 1.165) is 23.1 Å². The van der Waals surface area contributed by atoms with Crippen LogP contribution in [0.1, 0.15) is 66.2 Å². The van der Waals surface area contributed by atoms with Crippen LogP contribution in [-0.4, -0.2) is 47.0 Å². The maximum Gasteiger partial charge on any atom is 0.416 e. The molecule has 3 aromatic rings. The van der Waals surface area contributed by atoms with Gasteiger partial charge in [-0.25, -0.2) is 14.8 Å². The van der Waals surface area contributed by atoms with Gasteiger partial charge in [-0.15, -0.1) is 0 Å². The second-order valence-electron chi connectivity index (χ2n) is 11.0. The van der Waals surface area contributed by atoms with E-state index in [2.05, 4.69) is 20.6 Å². The van der Waals surface area contributed by atoms with Gasteiger partial charge >= 0.3 is 24.6 Å². The molecule has 0 saturated carbocycles. The van der Waals surface area contributed by atoms with E-state index in [1.807, 2.05) is 0 Å². The number of methoxy groups -OCH3 is 1. The molecule has 1 unspecified atom stereocenters. The van der Waals surface area contributed by atoms with Gasteiger partial charge in [-0.2, -0.15) is 39.5 Å². The van der Waals surface area contributed by atoms with E-state index in [0.29, 0.717) is 18.6 Å². The molecule has 47 heavy (non-hydrogen) atoms. The molecular weight excluding hydrogens is 649 g/mol. The zero-order valence-electron chi connectivity index (χ0n) is 25.1. The van der Waals surface area contributed by atoms with Crippen molar-refractivity contribution in [3.05, 3.63) is 76.1 Å². The fourth-order valence-corrected chi connectivity index (χ4v) is 5.25. The van der Waals surface area contributed by atoms with Crippen LogP contribution in [-0.2, 0) is 29.7 Å². The van der Waals surface area contributed by atoms with Gasteiger partial charge in [0, 0.05) is 26.1 Å². The van der Waals surface area contributed by atoms with Crippen molar-refractivity contribution in [1.29, 1.82) is 0 Å². The highest BCUT2D eigenvalue weighted by atomic mass is 19.4. The molecule has 3 N–H and O–H groups in total. The Balaban J connectivity index is 1.79. The zero-order chi connectivity index (χ0) is 34.9. The third kappa shape index (κ3) is 8.36. The number of aromatic nitrogens is 2. The minimum atomic E-state index is -5.08. The highest BCUT2D eigenvalue weighted by Crippen LogP contribution is 2.43. The Bertz CT molecular complexity index is 1560. The van der Waals surface area contributed by atoms with Crippen molar-refractivity contribution in [2.24, 2.45) is 0 Å². The van der Waals surface area contributed by atoms with Gasteiger partial charge in [0.05, 0.1) is 52.1 Å². The fourth-order valence-electron chi connectivity index (χ4n) is 5.25. The van der Waals surface area contributed by atoms with Gasteiger partial charge in [-0.3, -0.25) is 4.90 Å². The first-order valence-electron chi connectivity index (χ1n) is 14.2. The Kier molecular flexibility index (Phi) is 10.2. The van der Waals surface area contributed by atoms with Crippen LogP contribution >= 0.6 is 0 Å². The van der Waals surface area contributed by atoms with Crippen molar-refractivity contribution in [3.8, 4) is 0 Å². The Morgan fingerprint density at radius 2 is 1.62 bits per heavy atom. The van der Waals surface area contributed by atoms with Crippen molar-refractivity contribution >= 4 is 23.4 Å². The van der Waals surface area contributed by atoms with Crippen LogP contribution in [0.5, 0.6) is 0 Å². The number of halogens is 9. The van der Waals surface area contributed by atoms with E-state index in [-0.39, 0.29) is 59.3 Å². The highest BCUT2D eigenvalue weighted by Gasteiger charge is 2.39. The van der Waals surface area contributed by atoms with Crippen molar-refractivity contribution in [1.82, 2.24) is 9.97 Å². The number of rotatable bonds is 9. The Morgan fingerprint density at radius 3 is 2.15 bits per heavy atom. The van der Waals surface area contributed by atoms with Crippen LogP contribution < -0.4 is 15.5 Å². The quantitative estimate of drug-likeness (QED) is 0.196. The number of amides is 1. The number of fused-ring (bicyclic) bond motifs is 1. The smallest absolute Gasteiger partial charge is 0.416 e. The van der Waals surface area contributed by atoms with Gasteiger partial charge < -0.3 is 20.5 Å². The predicted molar refractivity (Wildman–Crippen MR) is 153 cm³/mol. The van der Waals surface area contributed by atoms with Gasteiger partial charge in [0.15, 0.2) is 0 Å². The lowest BCUT2D eigenvalue weighted by Gasteiger charge is -2.39. The van der Waals surface area contributed by atoms with Crippen molar-refractivity contribution in [3.63, 3.8) is 0 Å². The SMILES string of the molecule is CC[C@@H]1C[C@H](Nc2ncc(NCC(C)OC)c(Cc3cc(C(F)(F)F)cc(C(F)(F)F)c3)n2)c2cc(C(F)(F)F)ccc2N1C(=O)O. The number of alkyl halides is 9. The average molecular weight is 680 g/mol. The number of carbonyl (C=O) groups is 1. The Morgan fingerprint density at radius 1 is 1.00 bits per heavy atom. The molecule has 17 heteroatoms. The number of nitrogens with one attached hydrogen (secondary N) is 2. The first-order valence-corrected chi connectivity index (χ1v) is 14.2. The predicted octanol–water partition coefficient (Wildman–Crippen LogP) is 8.39. The summed E-state index contributed by atoms with van der Waals surface area (Å²) in [5, 5.41) is 15.7. The minimum absolute atomic E-state index is 0.00370. The molecule has 1 amide bonds. The van der Waals surface area contributed by atoms with Crippen LogP contribution in [0.4, 0.5) is 61.6 Å². The molecule has 0 aliphatic carbocycles. The van der Waals surface area contributed by atoms with Gasteiger partial charge in [0.2, 0.25) is 5.95 Å². The van der Waals surface area contributed by atoms with Crippen LogP contribution in [0, 0.1) is 0 Å². The lowest BCUT2D eigenvalue weighted by atomic mass is 9.89. The standard InChI is InChI=1S/C30H30F9N5O3/c1-4-20-12-22(21-11-17(28(31,32)33)5-6-25(21)44(20)27(45)46)42-26-41-14-24(40-13-15(2)47-3)23(43-26)9-16-7-18(29(34,35)36)10-19(8-16)30(37,38)39/h5-8,10-11,14-15,20,22,40H,4,9,12-13H2,1-3H3,(H,45,46)(H,41,42,43)/t15?,20-,22+/m1/s1. The minimum Gasteiger partial charge on any atom is -0.465 e. The summed E-state index contributed by atoms with van der Waals surface area (Å²) in [4.78, 5) is 21.6. The topological polar surface area (TPSA) is 99.6 Å². The summed E-state index contributed by atoms with van der Waals surface area (Å²) in [6, 6.07) is 2.21. The molecule has 0 radical (unpaired) electrons. The molecule has 0 fully saturated rings. The lowest BCUT2D eigenvalue weighted by Crippen LogP contribution is -2.45. The monoisotopic (exact) mass is 679 g/mol. The summed E-state index contributed by atoms with van der Waals surface area (Å²) in [7, 11) is 1.43. The summed E-state index contributed by atoms with van der Waals surface area (Å²) < 4.78 is 127. The Labute approximate surface area is 263 Å². The first kappa shape index (κ1) is 35.6. The molecule has 1 aliphatic heterocycles. The van der Waals surface area contributed by atoms with E-state index in [9.17, 15) is 49.4 Å². The average Bonchev–Trinajstić information content (AvgIpc) is 2.98. The maximum atomic E-state index is 13.6. The maximum absolute atomic E-state index is 13.6. The van der Waals surface area contributed by atoms with E-state index < -0.39 is 59.8 Å². The molecule has 8 nitrogen and oxygen atoms in total. The van der Waals surface area contributed by atoms with Crippen molar-refractivity contribution in [2.45, 2.75) is 69.8 Å². The molecule has 256 valence electrons. The largest absolute Gasteiger partial charge is 0.465 e. The van der Waals surface area contributed by atoms with E-state index in [1.165, 1.54) is 13.3 Å². The first-order chi connectivity index (χ1) is 21.8. The number of carboxylic acid groups (broad SMARTS) is 1. The van der Waals surface area contributed by atoms with Crippen LogP contribution in [0.15, 0.2) is 42.6 Å². The molecule has 0 saturated heterocycles. The van der Waals surface area contributed by atoms with Crippen molar-refractivity contribution < 1.29 is 54.2 Å². The number of hydrogen-bond acceptors (Lipinski definition) is 6. The number of hydrogen-bond donors (Lipinski definition) is 3. The van der Waals surface area contributed by atoms with Crippen LogP contribution in [0.2, 0.25) is 0 Å². The van der Waals surface area contributed by atoms with Gasteiger partial charge in [-0.05, 0) is 67.3 Å². The van der Waals surface area contributed by atoms with Gasteiger partial charge in [0.1, 0.15) is 0 Å². The van der Waals surface area contributed by atoms with Crippen molar-refractivity contribution in [2.75, 3.05) is 29.2 Å². The van der Waals surface area contributed by atoms with E-state index in [1.54, 1.807) is 13.8 Å². The van der Waals surface area contributed by atoms with E-state index >= 15 is 0 Å². The number of benzene rings is 2. The molecule has 3 atom stereocenters. The summed E-state index contributed by atoms with van der Waals surface area (Å²) in [6.07, 6.45) is -15.6. The lowest BCUT2D eigenvalue weighted by molar-refractivity contribution is -0.143. The molecule has 0 bridgehead atoms. The molecule has 2 heterocycles. The third-order valence-electron chi connectivity index (χ3n) is 7.71. The molecule has 4 rings (SSSR count). The van der Waals surface area contributed by atoms with Gasteiger partial charge in [0.25, 0.3) is 0 Å². The third-order valence-corrected chi connectivity index (χ3v) is 7.71. The Hall–Kier alpha value is -4.28. The van der Waals surface area contributed by atoms with Gasteiger partial charge in [-0.1, -0.05) is 6.92 Å². The van der Waals surface area contributed by atoms with Crippen LogP contribution in [0.3, 0.4) is 0 Å². The second kappa shape index (κ2) is 13.4. The number of ether oxygens (including phenoxy) is 1. The molecule has 1 aromatic heterocycles. The van der Waals surface area contributed by atoms with Crippen LogP contribution in [0.25, 0.3) is 0 Å². The summed E-state index contributed by atoms with van der Waals surface area (Å²) in [5.74, 6) is -0.194. The number of anilines is 3. The highest BCUT2D eigenvalue weighted by molar-refractivity contribution is 5.89. The summed E-state index contributed by atoms with van der Waals surface area (Å²) >= 11 is 0. The fraction of sp³-hybridized carbons (Fsp3) is 0.433. The molecule has 2 aromatic carbocycles. The summed E-state index contributed by atoms with van der Waals surface area (Å²) in [5.41, 5.74) is -4.26. The molecule has 0 spiro atoms. The normalized spacial score (nSPS) is 17.7. The van der Waals surface area contributed by atoms with E-state index in [4.69, 9.17) is 4.74 Å². The summed E-state index contributed by atoms with van der Waals surface area (Å²) in [6.45, 7) is 3.56. The zero-order valence-corrected chi connectivity index (χ0v) is 25.1. The molecule has 1 aliphatic rings. The molecular formula is C30H30F9N5O3.